The number of benzene rings is 1. The molecule has 0 bridgehead atoms. The highest BCUT2D eigenvalue weighted by Gasteiger charge is 2.20. The highest BCUT2D eigenvalue weighted by molar-refractivity contribution is 5.95. The summed E-state index contributed by atoms with van der Waals surface area (Å²) in [4.78, 5) is 22.1. The van der Waals surface area contributed by atoms with Gasteiger partial charge in [0.25, 0.3) is 5.91 Å². The van der Waals surface area contributed by atoms with E-state index in [9.17, 15) is 9.18 Å². The van der Waals surface area contributed by atoms with E-state index in [1.165, 1.54) is 24.0 Å². The van der Waals surface area contributed by atoms with E-state index in [1.807, 2.05) is 23.2 Å². The number of hydrogen-bond acceptors (Lipinski definition) is 5. The molecule has 1 aliphatic rings. The van der Waals surface area contributed by atoms with Crippen molar-refractivity contribution in [1.82, 2.24) is 20.2 Å². The molecule has 0 spiro atoms. The number of nitrogens with one attached hydrogen (secondary N) is 1. The summed E-state index contributed by atoms with van der Waals surface area (Å²) < 4.78 is 18.7. The summed E-state index contributed by atoms with van der Waals surface area (Å²) in [6.07, 6.45) is 12.5. The molecule has 1 aliphatic heterocycles. The maximum atomic E-state index is 12.9. The molecule has 1 aromatic carbocycles. The lowest BCUT2D eigenvalue weighted by molar-refractivity contribution is -0.117. The predicted octanol–water partition coefficient (Wildman–Crippen LogP) is 3.76. The maximum absolute atomic E-state index is 12.9. The van der Waals surface area contributed by atoms with Crippen LogP contribution in [0.5, 0.6) is 0 Å². The number of carbonyl (C=O) groups is 1. The van der Waals surface area contributed by atoms with Crippen LogP contribution < -0.4 is 5.32 Å². The molecule has 0 atom stereocenters. The van der Waals surface area contributed by atoms with E-state index in [0.717, 1.165) is 37.7 Å². The fraction of sp³-hybridized carbons (Fsp3) is 0.375. The molecule has 0 radical (unpaired) electrons. The van der Waals surface area contributed by atoms with E-state index in [0.29, 0.717) is 37.6 Å². The number of unbranched alkanes of at least 4 members (excludes halogenated alkanes) is 3. The molecule has 3 rings (SSSR count). The summed E-state index contributed by atoms with van der Waals surface area (Å²) in [6, 6.07) is 6.73. The number of amides is 1. The maximum Gasteiger partial charge on any atom is 0.254 e. The summed E-state index contributed by atoms with van der Waals surface area (Å²) >= 11 is 0. The lowest BCUT2D eigenvalue weighted by Crippen LogP contribution is -2.39. The van der Waals surface area contributed by atoms with E-state index < -0.39 is 0 Å². The van der Waals surface area contributed by atoms with Crippen molar-refractivity contribution in [2.24, 2.45) is 0 Å². The smallest absolute Gasteiger partial charge is 0.254 e. The summed E-state index contributed by atoms with van der Waals surface area (Å²) in [6.45, 7) is 5.81. The Morgan fingerprint density at radius 2 is 1.74 bits per heavy atom. The fourth-order valence-electron chi connectivity index (χ4n) is 3.38. The Hall–Kier alpha value is -3.06. The molecule has 7 heteroatoms. The van der Waals surface area contributed by atoms with Crippen LogP contribution in [0.2, 0.25) is 0 Å². The second-order valence-corrected chi connectivity index (χ2v) is 7.58. The van der Waals surface area contributed by atoms with Crippen molar-refractivity contribution in [2.75, 3.05) is 19.8 Å². The van der Waals surface area contributed by atoms with Crippen LogP contribution in [0.15, 0.2) is 67.2 Å². The molecule has 2 heterocycles. The summed E-state index contributed by atoms with van der Waals surface area (Å²) in [5, 5.41) is 2.80. The van der Waals surface area contributed by atoms with Gasteiger partial charge in [-0.1, -0.05) is 31.6 Å². The monoisotopic (exact) mass is 424 g/mol. The second-order valence-electron chi connectivity index (χ2n) is 7.58. The number of halogens is 1. The van der Waals surface area contributed by atoms with Gasteiger partial charge in [-0.05, 0) is 42.5 Å². The van der Waals surface area contributed by atoms with Gasteiger partial charge in [-0.15, -0.1) is 0 Å². The Morgan fingerprint density at radius 3 is 2.52 bits per heavy atom. The quantitative estimate of drug-likeness (QED) is 0.526. The largest absolute Gasteiger partial charge is 0.380 e. The van der Waals surface area contributed by atoms with Gasteiger partial charge in [0.15, 0.2) is 0 Å². The molecule has 0 unspecified atom stereocenters. The van der Waals surface area contributed by atoms with Gasteiger partial charge in [0.2, 0.25) is 0 Å². The zero-order valence-corrected chi connectivity index (χ0v) is 17.7. The molecule has 0 saturated heterocycles. The van der Waals surface area contributed by atoms with Gasteiger partial charge in [0.1, 0.15) is 18.0 Å². The van der Waals surface area contributed by atoms with Crippen molar-refractivity contribution in [3.63, 3.8) is 0 Å². The average Bonchev–Trinajstić information content (AvgIpc) is 2.77. The molecule has 0 fully saturated rings. The van der Waals surface area contributed by atoms with E-state index in [1.54, 1.807) is 12.4 Å². The van der Waals surface area contributed by atoms with Crippen LogP contribution in [-0.2, 0) is 22.4 Å². The first-order valence-electron chi connectivity index (χ1n) is 10.7. The molecule has 2 aromatic rings. The third-order valence-electron chi connectivity index (χ3n) is 5.11. The van der Waals surface area contributed by atoms with Crippen molar-refractivity contribution in [1.29, 1.82) is 0 Å². The van der Waals surface area contributed by atoms with Crippen LogP contribution in [-0.4, -0.2) is 40.5 Å². The first-order chi connectivity index (χ1) is 15.1. The van der Waals surface area contributed by atoms with E-state index in [2.05, 4.69) is 21.9 Å². The van der Waals surface area contributed by atoms with Gasteiger partial charge in [-0.25, -0.2) is 14.4 Å². The third-order valence-corrected chi connectivity index (χ3v) is 5.11. The normalized spacial score (nSPS) is 13.8. The molecule has 1 N–H and O–H groups in total. The lowest BCUT2D eigenvalue weighted by Gasteiger charge is -2.28. The Labute approximate surface area is 182 Å². The Bertz CT molecular complexity index is 884. The minimum absolute atomic E-state index is 0.147. The van der Waals surface area contributed by atoms with E-state index in [-0.39, 0.29) is 11.7 Å². The third kappa shape index (κ3) is 7.61. The Kier molecular flexibility index (Phi) is 8.72. The van der Waals surface area contributed by atoms with Crippen LogP contribution in [0.3, 0.4) is 0 Å². The Morgan fingerprint density at radius 1 is 1.00 bits per heavy atom. The molecule has 6 nitrogen and oxygen atoms in total. The first kappa shape index (κ1) is 22.6. The average molecular weight is 425 g/mol. The van der Waals surface area contributed by atoms with Crippen molar-refractivity contribution in [3.05, 3.63) is 84.1 Å². The van der Waals surface area contributed by atoms with Gasteiger partial charge in [-0.2, -0.15) is 0 Å². The van der Waals surface area contributed by atoms with Crippen molar-refractivity contribution >= 4 is 5.91 Å². The fourth-order valence-corrected chi connectivity index (χ4v) is 3.38. The first-order valence-corrected chi connectivity index (χ1v) is 10.7. The molecule has 164 valence electrons. The zero-order valence-electron chi connectivity index (χ0n) is 17.7. The molecule has 0 aliphatic carbocycles. The Balaban J connectivity index is 1.30. The van der Waals surface area contributed by atoms with Gasteiger partial charge >= 0.3 is 0 Å². The number of ether oxygens (including phenoxy) is 1. The van der Waals surface area contributed by atoms with Crippen molar-refractivity contribution in [2.45, 2.75) is 38.5 Å². The number of nitrogens with zero attached hydrogens (tertiary/aromatic N) is 3. The highest BCUT2D eigenvalue weighted by Crippen LogP contribution is 2.15. The number of aryl methyl sites for hydroxylation is 1. The number of aromatic nitrogens is 2. The standard InChI is InChI=1S/C24H29FN4O2/c1-19-28-24(30)22(14-21-15-26-18-27-16-21)17-29(19)11-13-31-12-5-3-2-4-6-20-7-9-23(25)10-8-20/h7-10,15-18H,1-6,11-14H2,(H,28,30). The van der Waals surface area contributed by atoms with Crippen LogP contribution >= 0.6 is 0 Å². The summed E-state index contributed by atoms with van der Waals surface area (Å²) in [7, 11) is 0. The minimum atomic E-state index is -0.186. The molecule has 0 saturated carbocycles. The molecule has 1 amide bonds. The SMILES string of the molecule is C=C1NC(=O)C(Cc2cncnc2)=CN1CCOCCCCCCc1ccc(F)cc1. The van der Waals surface area contributed by atoms with Gasteiger partial charge < -0.3 is 15.0 Å². The molecular formula is C24H29FN4O2. The molecular weight excluding hydrogens is 395 g/mol. The van der Waals surface area contributed by atoms with Crippen LogP contribution in [0.25, 0.3) is 0 Å². The van der Waals surface area contributed by atoms with E-state index in [4.69, 9.17) is 4.74 Å². The second kappa shape index (κ2) is 12.0. The van der Waals surface area contributed by atoms with Crippen LogP contribution in [0.4, 0.5) is 4.39 Å². The van der Waals surface area contributed by atoms with Crippen LogP contribution in [0, 0.1) is 5.82 Å². The minimum Gasteiger partial charge on any atom is -0.380 e. The van der Waals surface area contributed by atoms with Crippen LogP contribution in [0.1, 0.15) is 36.8 Å². The molecule has 1 aromatic heterocycles. The topological polar surface area (TPSA) is 67.4 Å². The number of rotatable bonds is 12. The van der Waals surface area contributed by atoms with E-state index >= 15 is 0 Å². The number of carbonyl (C=O) groups excluding carboxylic acids is 1. The van der Waals surface area contributed by atoms with Gasteiger partial charge in [-0.3, -0.25) is 4.79 Å². The number of hydrogen-bond donors (Lipinski definition) is 1. The van der Waals surface area contributed by atoms with Gasteiger partial charge in [0.05, 0.1) is 6.61 Å². The van der Waals surface area contributed by atoms with Gasteiger partial charge in [0, 0.05) is 43.7 Å². The summed E-state index contributed by atoms with van der Waals surface area (Å²) in [5.74, 6) is 0.225. The predicted molar refractivity (Wildman–Crippen MR) is 117 cm³/mol. The molecule has 31 heavy (non-hydrogen) atoms. The van der Waals surface area contributed by atoms with Crippen molar-refractivity contribution in [3.8, 4) is 0 Å². The van der Waals surface area contributed by atoms with Crippen molar-refractivity contribution < 1.29 is 13.9 Å². The zero-order chi connectivity index (χ0) is 21.9. The highest BCUT2D eigenvalue weighted by atomic mass is 19.1. The summed E-state index contributed by atoms with van der Waals surface area (Å²) in [5.41, 5.74) is 2.70. The lowest BCUT2D eigenvalue weighted by atomic mass is 10.1.